The molecule has 0 aliphatic carbocycles. The van der Waals surface area contributed by atoms with Gasteiger partial charge in [0.2, 0.25) is 5.91 Å². The molecular weight excluding hydrogens is 396 g/mol. The number of ether oxygens (including phenoxy) is 2. The maximum absolute atomic E-state index is 13.1. The van der Waals surface area contributed by atoms with Gasteiger partial charge in [-0.15, -0.1) is 11.8 Å². The number of hydrogen-bond acceptors (Lipinski definition) is 8. The normalized spacial score (nSPS) is 46.9. The lowest BCUT2D eigenvalue weighted by Crippen LogP contribution is -2.63. The van der Waals surface area contributed by atoms with E-state index in [0.29, 0.717) is 18.9 Å². The smallest absolute Gasteiger partial charge is 0.240 e. The Morgan fingerprint density at radius 3 is 2.83 bits per heavy atom. The highest BCUT2D eigenvalue weighted by atomic mass is 32.2. The van der Waals surface area contributed by atoms with Crippen LogP contribution in [0.15, 0.2) is 12.2 Å². The van der Waals surface area contributed by atoms with Crippen LogP contribution in [-0.2, 0) is 14.3 Å². The molecule has 8 nitrogen and oxygen atoms in total. The number of nitrogens with one attached hydrogen (secondary N) is 2. The molecule has 3 fully saturated rings. The van der Waals surface area contributed by atoms with Gasteiger partial charge in [0.15, 0.2) is 0 Å². The van der Waals surface area contributed by atoms with Gasteiger partial charge in [0, 0.05) is 13.2 Å². The molecule has 0 aromatic rings. The van der Waals surface area contributed by atoms with Crippen molar-refractivity contribution in [2.45, 2.75) is 80.1 Å². The van der Waals surface area contributed by atoms with Crippen LogP contribution in [0, 0.1) is 5.92 Å². The summed E-state index contributed by atoms with van der Waals surface area (Å²) in [5, 5.41) is 37.5. The maximum Gasteiger partial charge on any atom is 0.240 e. The lowest BCUT2D eigenvalue weighted by molar-refractivity contribution is -0.205. The van der Waals surface area contributed by atoms with E-state index >= 15 is 0 Å². The third-order valence-electron chi connectivity index (χ3n) is 6.41. The number of rotatable bonds is 2. The average molecular weight is 429 g/mol. The lowest BCUT2D eigenvalue weighted by Gasteiger charge is -2.43. The first-order chi connectivity index (χ1) is 14.1. The van der Waals surface area contributed by atoms with E-state index in [2.05, 4.69) is 10.6 Å². The molecule has 164 valence electrons. The number of allylic oxidation sites excluding steroid dienone is 1. The molecule has 0 aromatic carbocycles. The molecule has 4 aliphatic heterocycles. The van der Waals surface area contributed by atoms with Crippen molar-refractivity contribution >= 4 is 17.7 Å². The van der Waals surface area contributed by atoms with Crippen LogP contribution in [0.2, 0.25) is 0 Å². The van der Waals surface area contributed by atoms with Crippen molar-refractivity contribution in [1.82, 2.24) is 10.6 Å². The minimum Gasteiger partial charge on any atom is -0.388 e. The number of hydrogen-bond donors (Lipinski definition) is 5. The third kappa shape index (κ3) is 4.66. The molecule has 0 saturated carbocycles. The molecule has 2 bridgehead atoms. The molecule has 3 saturated heterocycles. The molecule has 0 spiro atoms. The number of carbonyl (C=O) groups excluding carboxylic acids is 1. The fraction of sp³-hybridized carbons (Fsp3) is 0.850. The van der Waals surface area contributed by atoms with Crippen molar-refractivity contribution in [2.24, 2.45) is 5.92 Å². The van der Waals surface area contributed by atoms with E-state index in [0.717, 1.165) is 38.0 Å². The topological polar surface area (TPSA) is 120 Å². The number of thioether (sulfide) groups is 1. The minimum absolute atomic E-state index is 0.138. The van der Waals surface area contributed by atoms with Crippen LogP contribution >= 0.6 is 11.8 Å². The largest absolute Gasteiger partial charge is 0.388 e. The number of carbonyl (C=O) groups is 1. The molecule has 0 radical (unpaired) electrons. The second kappa shape index (κ2) is 9.64. The molecular formula is C20H32N2O6S. The van der Waals surface area contributed by atoms with Gasteiger partial charge in [-0.2, -0.15) is 0 Å². The van der Waals surface area contributed by atoms with E-state index in [1.807, 2.05) is 12.2 Å². The van der Waals surface area contributed by atoms with E-state index in [1.54, 1.807) is 0 Å². The van der Waals surface area contributed by atoms with E-state index in [-0.39, 0.29) is 12.0 Å². The summed E-state index contributed by atoms with van der Waals surface area (Å²) in [6, 6.07) is -0.942. The van der Waals surface area contributed by atoms with Crippen LogP contribution in [-0.4, -0.2) is 88.2 Å². The Balaban J connectivity index is 1.49. The molecule has 9 atom stereocenters. The Hall–Kier alpha value is -0.680. The van der Waals surface area contributed by atoms with Crippen molar-refractivity contribution < 1.29 is 29.6 Å². The van der Waals surface area contributed by atoms with Crippen molar-refractivity contribution in [2.75, 3.05) is 18.9 Å². The van der Waals surface area contributed by atoms with Gasteiger partial charge in [0.1, 0.15) is 35.9 Å². The number of aliphatic hydroxyl groups is 3. The monoisotopic (exact) mass is 428 g/mol. The standard InChI is InChI=1S/C20H32N2O6S/c23-14-15(24)18-12(7-2-1-5-9-29-20(28-18)16(14)25)22-19(26)13-17-11(10-21-13)6-3-4-8-27-17/h1-2,11-18,20-21,23-25H,3-10H2,(H,22,26)/b2-1-/t11?,12-,13?,14?,15?,16?,17?,18?,20?/m1/s1. The third-order valence-corrected chi connectivity index (χ3v) is 7.60. The Labute approximate surface area is 175 Å². The Morgan fingerprint density at radius 1 is 1.10 bits per heavy atom. The molecule has 5 N–H and O–H groups in total. The predicted molar refractivity (Wildman–Crippen MR) is 108 cm³/mol. The minimum atomic E-state index is -1.31. The van der Waals surface area contributed by atoms with Crippen LogP contribution < -0.4 is 10.6 Å². The Morgan fingerprint density at radius 2 is 1.97 bits per heavy atom. The first kappa shape index (κ1) is 21.5. The summed E-state index contributed by atoms with van der Waals surface area (Å²) >= 11 is 1.41. The summed E-state index contributed by atoms with van der Waals surface area (Å²) in [5.41, 5.74) is -0.636. The van der Waals surface area contributed by atoms with Gasteiger partial charge < -0.3 is 35.4 Å². The summed E-state index contributed by atoms with van der Waals surface area (Å²) in [4.78, 5) is 13.1. The Kier molecular flexibility index (Phi) is 7.16. The Bertz CT molecular complexity index is 608. The van der Waals surface area contributed by atoms with Crippen molar-refractivity contribution in [3.63, 3.8) is 0 Å². The van der Waals surface area contributed by atoms with Crippen LogP contribution in [0.1, 0.15) is 32.1 Å². The number of fused-ring (bicyclic) bond motifs is 3. The van der Waals surface area contributed by atoms with Crippen molar-refractivity contribution in [3.8, 4) is 0 Å². The molecule has 4 aliphatic rings. The highest BCUT2D eigenvalue weighted by Crippen LogP contribution is 2.32. The highest BCUT2D eigenvalue weighted by molar-refractivity contribution is 7.99. The van der Waals surface area contributed by atoms with Crippen LogP contribution in [0.4, 0.5) is 0 Å². The SMILES string of the molecule is O=C(N[C@@H]1C/C=C\CCSC2OC1C(O)C(O)C2O)C1NCC2CCCCOC21. The fourth-order valence-corrected chi connectivity index (χ4v) is 5.83. The van der Waals surface area contributed by atoms with Gasteiger partial charge in [-0.05, 0) is 37.4 Å². The first-order valence-electron chi connectivity index (χ1n) is 10.7. The van der Waals surface area contributed by atoms with Gasteiger partial charge in [0.05, 0.1) is 12.1 Å². The van der Waals surface area contributed by atoms with Gasteiger partial charge >= 0.3 is 0 Å². The first-order valence-corrected chi connectivity index (χ1v) is 11.7. The zero-order chi connectivity index (χ0) is 20.4. The van der Waals surface area contributed by atoms with Crippen LogP contribution in [0.3, 0.4) is 0 Å². The molecule has 4 rings (SSSR count). The predicted octanol–water partition coefficient (Wildman–Crippen LogP) is -0.481. The van der Waals surface area contributed by atoms with Crippen molar-refractivity contribution in [3.05, 3.63) is 12.2 Å². The van der Waals surface area contributed by atoms with Gasteiger partial charge in [-0.25, -0.2) is 0 Å². The van der Waals surface area contributed by atoms with E-state index in [4.69, 9.17) is 9.47 Å². The summed E-state index contributed by atoms with van der Waals surface area (Å²) in [7, 11) is 0. The quantitative estimate of drug-likeness (QED) is 0.374. The second-order valence-corrected chi connectivity index (χ2v) is 9.61. The molecule has 1 amide bonds. The maximum atomic E-state index is 13.1. The molecule has 0 aromatic heterocycles. The molecule has 29 heavy (non-hydrogen) atoms. The van der Waals surface area contributed by atoms with E-state index in [9.17, 15) is 20.1 Å². The van der Waals surface area contributed by atoms with E-state index < -0.39 is 41.9 Å². The molecule has 8 unspecified atom stereocenters. The van der Waals surface area contributed by atoms with Gasteiger partial charge in [-0.3, -0.25) is 4.79 Å². The molecule has 4 heterocycles. The summed E-state index contributed by atoms with van der Waals surface area (Å²) in [5.74, 6) is 0.916. The van der Waals surface area contributed by atoms with Crippen LogP contribution in [0.5, 0.6) is 0 Å². The summed E-state index contributed by atoms with van der Waals surface area (Å²) in [6.07, 6.45) is 3.81. The fourth-order valence-electron chi connectivity index (χ4n) is 4.76. The summed E-state index contributed by atoms with van der Waals surface area (Å²) < 4.78 is 11.9. The number of aliphatic hydroxyl groups excluding tert-OH is 3. The zero-order valence-electron chi connectivity index (χ0n) is 16.5. The van der Waals surface area contributed by atoms with Gasteiger partial charge in [-0.1, -0.05) is 18.6 Å². The summed E-state index contributed by atoms with van der Waals surface area (Å²) in [6.45, 7) is 1.44. The average Bonchev–Trinajstić information content (AvgIpc) is 2.98. The number of amides is 1. The van der Waals surface area contributed by atoms with Gasteiger partial charge in [0.25, 0.3) is 0 Å². The van der Waals surface area contributed by atoms with Crippen molar-refractivity contribution in [1.29, 1.82) is 0 Å². The lowest BCUT2D eigenvalue weighted by atomic mass is 9.92. The highest BCUT2D eigenvalue weighted by Gasteiger charge is 2.48. The van der Waals surface area contributed by atoms with E-state index in [1.165, 1.54) is 11.8 Å². The zero-order valence-corrected chi connectivity index (χ0v) is 17.3. The van der Waals surface area contributed by atoms with Crippen LogP contribution in [0.25, 0.3) is 0 Å². The second-order valence-electron chi connectivity index (χ2n) is 8.40. The molecule has 9 heteroatoms.